The maximum absolute atomic E-state index is 12.6. The second kappa shape index (κ2) is 6.63. The number of likely N-dealkylation sites (tertiary alicyclic amines) is 1. The fourth-order valence-electron chi connectivity index (χ4n) is 4.83. The minimum absolute atomic E-state index is 0.135. The summed E-state index contributed by atoms with van der Waals surface area (Å²) in [5, 5.41) is 12.9. The number of amides is 1. The number of fused-ring (bicyclic) bond motifs is 2. The third kappa shape index (κ3) is 3.88. The van der Waals surface area contributed by atoms with E-state index < -0.39 is 5.91 Å². The molecule has 2 atom stereocenters. The lowest BCUT2D eigenvalue weighted by Crippen LogP contribution is -2.33. The van der Waals surface area contributed by atoms with Gasteiger partial charge in [0.1, 0.15) is 11.6 Å². The fraction of sp³-hybridized carbons (Fsp3) is 0.524. The highest BCUT2D eigenvalue weighted by molar-refractivity contribution is 6.31. The zero-order valence-electron chi connectivity index (χ0n) is 15.9. The highest BCUT2D eigenvalue weighted by Gasteiger charge is 2.48. The molecule has 2 unspecified atom stereocenters. The van der Waals surface area contributed by atoms with Crippen LogP contribution in [-0.4, -0.2) is 23.4 Å². The largest absolute Gasteiger partial charge is 0.373 e. The molecule has 2 bridgehead atoms. The van der Waals surface area contributed by atoms with Crippen molar-refractivity contribution in [2.24, 2.45) is 10.8 Å². The fourth-order valence-corrected chi connectivity index (χ4v) is 5.01. The van der Waals surface area contributed by atoms with Crippen LogP contribution in [0.4, 0.5) is 5.69 Å². The first-order chi connectivity index (χ1) is 12.1. The Kier molecular flexibility index (Phi) is 4.79. The number of rotatable bonds is 3. The predicted molar refractivity (Wildman–Crippen MR) is 105 cm³/mol. The van der Waals surface area contributed by atoms with E-state index in [1.54, 1.807) is 18.3 Å². The molecule has 1 aliphatic carbocycles. The van der Waals surface area contributed by atoms with Crippen molar-refractivity contribution in [1.29, 1.82) is 5.26 Å². The Balaban J connectivity index is 1.77. The smallest absolute Gasteiger partial charge is 0.267 e. The average molecular weight is 372 g/mol. The first-order valence-corrected chi connectivity index (χ1v) is 9.44. The summed E-state index contributed by atoms with van der Waals surface area (Å²) >= 11 is 6.11. The number of carbonyl (C=O) groups excluding carboxylic acids is 1. The summed E-state index contributed by atoms with van der Waals surface area (Å²) in [5.41, 5.74) is 2.23. The van der Waals surface area contributed by atoms with Crippen LogP contribution in [0.25, 0.3) is 0 Å². The van der Waals surface area contributed by atoms with Gasteiger partial charge in [0.2, 0.25) is 0 Å². The van der Waals surface area contributed by atoms with Crippen molar-refractivity contribution < 1.29 is 4.79 Å². The molecule has 0 spiro atoms. The van der Waals surface area contributed by atoms with Gasteiger partial charge in [0.15, 0.2) is 0 Å². The zero-order chi connectivity index (χ0) is 19.1. The van der Waals surface area contributed by atoms with Crippen LogP contribution in [0.2, 0.25) is 5.02 Å². The summed E-state index contributed by atoms with van der Waals surface area (Å²) in [4.78, 5) is 14.8. The Morgan fingerprint density at radius 2 is 2.12 bits per heavy atom. The van der Waals surface area contributed by atoms with Gasteiger partial charge in [-0.25, -0.2) is 0 Å². The molecule has 26 heavy (non-hydrogen) atoms. The van der Waals surface area contributed by atoms with Gasteiger partial charge in [-0.15, -0.1) is 0 Å². The second-order valence-corrected chi connectivity index (χ2v) is 9.37. The maximum Gasteiger partial charge on any atom is 0.267 e. The van der Waals surface area contributed by atoms with Crippen LogP contribution in [-0.2, 0) is 4.79 Å². The molecule has 1 aromatic carbocycles. The van der Waals surface area contributed by atoms with E-state index in [1.165, 1.54) is 6.42 Å². The molecule has 1 heterocycles. The first kappa shape index (κ1) is 18.8. The molecule has 1 N–H and O–H groups in total. The number of anilines is 1. The van der Waals surface area contributed by atoms with Gasteiger partial charge < -0.3 is 10.2 Å². The van der Waals surface area contributed by atoms with Crippen molar-refractivity contribution in [3.8, 4) is 6.07 Å². The van der Waals surface area contributed by atoms with E-state index in [2.05, 4.69) is 37.1 Å². The van der Waals surface area contributed by atoms with Crippen molar-refractivity contribution in [3.63, 3.8) is 0 Å². The molecule has 2 fully saturated rings. The molecule has 1 aliphatic heterocycles. The third-order valence-electron chi connectivity index (χ3n) is 5.54. The molecule has 1 saturated heterocycles. The molecule has 0 radical (unpaired) electrons. The first-order valence-electron chi connectivity index (χ1n) is 9.06. The number of nitriles is 1. The summed E-state index contributed by atoms with van der Waals surface area (Å²) in [5.74, 6) is -0.390. The number of nitrogens with zero attached hydrogens (tertiary/aromatic N) is 2. The topological polar surface area (TPSA) is 56.1 Å². The second-order valence-electron chi connectivity index (χ2n) is 8.96. The molecule has 0 aromatic heterocycles. The van der Waals surface area contributed by atoms with Crippen LogP contribution in [0.15, 0.2) is 30.0 Å². The highest BCUT2D eigenvalue weighted by atomic mass is 35.5. The average Bonchev–Trinajstić information content (AvgIpc) is 2.76. The number of carbonyl (C=O) groups is 1. The van der Waals surface area contributed by atoms with Gasteiger partial charge in [0.25, 0.3) is 5.91 Å². The Hall–Kier alpha value is -1.99. The summed E-state index contributed by atoms with van der Waals surface area (Å²) in [6.45, 7) is 9.74. The monoisotopic (exact) mass is 371 g/mol. The Morgan fingerprint density at radius 3 is 2.77 bits per heavy atom. The molecular weight excluding hydrogens is 346 g/mol. The maximum atomic E-state index is 12.6. The van der Waals surface area contributed by atoms with E-state index in [0.29, 0.717) is 22.2 Å². The Bertz CT molecular complexity index is 808. The molecule has 138 valence electrons. The summed E-state index contributed by atoms with van der Waals surface area (Å²) < 4.78 is 0. The Morgan fingerprint density at radius 1 is 1.38 bits per heavy atom. The normalized spacial score (nSPS) is 27.2. The van der Waals surface area contributed by atoms with E-state index in [1.807, 2.05) is 13.0 Å². The van der Waals surface area contributed by atoms with Crippen molar-refractivity contribution >= 4 is 23.2 Å². The molecule has 5 heteroatoms. The van der Waals surface area contributed by atoms with Gasteiger partial charge in [0.05, 0.1) is 0 Å². The highest BCUT2D eigenvalue weighted by Crippen LogP contribution is 2.52. The lowest BCUT2D eigenvalue weighted by Gasteiger charge is -2.39. The lowest BCUT2D eigenvalue weighted by atomic mass is 9.65. The minimum Gasteiger partial charge on any atom is -0.373 e. The molecule has 4 nitrogen and oxygen atoms in total. The van der Waals surface area contributed by atoms with Crippen LogP contribution in [0, 0.1) is 29.1 Å². The van der Waals surface area contributed by atoms with E-state index in [0.717, 1.165) is 24.9 Å². The van der Waals surface area contributed by atoms with Crippen molar-refractivity contribution in [3.05, 3.63) is 40.6 Å². The van der Waals surface area contributed by atoms with Crippen LogP contribution < -0.4 is 5.32 Å². The van der Waals surface area contributed by atoms with Crippen LogP contribution in [0.3, 0.4) is 0 Å². The lowest BCUT2D eigenvalue weighted by molar-refractivity contribution is -0.112. The van der Waals surface area contributed by atoms with Gasteiger partial charge in [0, 0.05) is 29.5 Å². The number of nitrogens with one attached hydrogen (secondary N) is 1. The number of aryl methyl sites for hydroxylation is 1. The zero-order valence-corrected chi connectivity index (χ0v) is 16.7. The van der Waals surface area contributed by atoms with Crippen molar-refractivity contribution in [2.75, 3.05) is 11.9 Å². The van der Waals surface area contributed by atoms with Crippen molar-refractivity contribution in [1.82, 2.24) is 4.90 Å². The molecule has 1 aromatic rings. The van der Waals surface area contributed by atoms with E-state index >= 15 is 0 Å². The summed E-state index contributed by atoms with van der Waals surface area (Å²) in [6, 6.07) is 7.80. The minimum atomic E-state index is -0.390. The Labute approximate surface area is 160 Å². The van der Waals surface area contributed by atoms with E-state index in [4.69, 9.17) is 11.6 Å². The van der Waals surface area contributed by atoms with Gasteiger partial charge in [-0.3, -0.25) is 4.79 Å². The predicted octanol–water partition coefficient (Wildman–Crippen LogP) is 4.90. The SMILES string of the molecule is Cc1ccc(NC(=O)/C(C#N)=C\N2CC3(C)CC2CC(C)(C)C3)cc1Cl. The van der Waals surface area contributed by atoms with Crippen LogP contribution in [0.1, 0.15) is 45.6 Å². The van der Waals surface area contributed by atoms with Crippen molar-refractivity contribution in [2.45, 2.75) is 53.0 Å². The molecule has 2 aliphatic rings. The van der Waals surface area contributed by atoms with Gasteiger partial charge in [-0.05, 0) is 54.7 Å². The molecule has 3 rings (SSSR count). The standard InChI is InChI=1S/C21H26ClN3O/c1-14-5-6-16(7-18(14)22)24-19(26)15(10-23)11-25-13-21(4)9-17(25)8-20(2,3)12-21/h5-7,11,17H,8-9,12-13H2,1-4H3,(H,24,26)/b15-11-. The third-order valence-corrected chi connectivity index (χ3v) is 5.95. The molecule has 1 amide bonds. The quantitative estimate of drug-likeness (QED) is 0.607. The van der Waals surface area contributed by atoms with Crippen LogP contribution >= 0.6 is 11.6 Å². The van der Waals surface area contributed by atoms with Gasteiger partial charge in [-0.2, -0.15) is 5.26 Å². The number of halogens is 1. The van der Waals surface area contributed by atoms with Crippen LogP contribution in [0.5, 0.6) is 0 Å². The number of hydrogen-bond acceptors (Lipinski definition) is 3. The van der Waals surface area contributed by atoms with E-state index in [9.17, 15) is 10.1 Å². The summed E-state index contributed by atoms with van der Waals surface area (Å²) in [7, 11) is 0. The summed E-state index contributed by atoms with van der Waals surface area (Å²) in [6.07, 6.45) is 5.15. The van der Waals surface area contributed by atoms with Gasteiger partial charge in [-0.1, -0.05) is 38.4 Å². The number of benzene rings is 1. The van der Waals surface area contributed by atoms with Gasteiger partial charge >= 0.3 is 0 Å². The number of hydrogen-bond donors (Lipinski definition) is 1. The molecular formula is C21H26ClN3O. The van der Waals surface area contributed by atoms with E-state index in [-0.39, 0.29) is 11.0 Å². The molecule has 1 saturated carbocycles.